The number of hydrogen-bond donors (Lipinski definition) is 1. The van der Waals surface area contributed by atoms with Crippen LogP contribution in [-0.2, 0) is 32.6 Å². The summed E-state index contributed by atoms with van der Waals surface area (Å²) in [5.74, 6) is -0.655. The van der Waals surface area contributed by atoms with Crippen molar-refractivity contribution >= 4 is 62.3 Å². The van der Waals surface area contributed by atoms with Crippen molar-refractivity contribution in [3.63, 3.8) is 0 Å². The Morgan fingerprint density at radius 1 is 0.930 bits per heavy atom. The Bertz CT molecular complexity index is 1520. The van der Waals surface area contributed by atoms with E-state index in [9.17, 15) is 18.0 Å². The van der Waals surface area contributed by atoms with Crippen molar-refractivity contribution in [1.82, 2.24) is 10.2 Å². The maximum Gasteiger partial charge on any atom is 0.243 e. The third kappa shape index (κ3) is 10.1. The van der Waals surface area contributed by atoms with Gasteiger partial charge in [0.15, 0.2) is 0 Å². The highest BCUT2D eigenvalue weighted by Gasteiger charge is 2.33. The molecule has 2 amide bonds. The van der Waals surface area contributed by atoms with E-state index in [1.807, 2.05) is 51.1 Å². The van der Waals surface area contributed by atoms with Crippen LogP contribution in [0.25, 0.3) is 0 Å². The minimum atomic E-state index is -3.68. The standard InChI is InChI=1S/C32H38Cl3N3O4S/c1-22-16-17-24(33)20-28(22)38(43(5,41)42)18-10-15-30(39)37(21-25-26(34)13-9-14-27(25)35)29(31(40)36-32(2,3)4)19-23-11-7-6-8-12-23/h6-9,11-14,16-17,20,29H,10,15,18-19,21H2,1-5H3,(H,36,40). The van der Waals surface area contributed by atoms with Crippen LogP contribution in [0.5, 0.6) is 0 Å². The number of carbonyl (C=O) groups is 2. The molecule has 1 unspecified atom stereocenters. The number of amides is 2. The van der Waals surface area contributed by atoms with Gasteiger partial charge in [0.2, 0.25) is 21.8 Å². The Morgan fingerprint density at radius 2 is 1.56 bits per heavy atom. The lowest BCUT2D eigenvalue weighted by atomic mass is 10.00. The Hall–Kier alpha value is -2.78. The molecule has 0 aliphatic carbocycles. The summed E-state index contributed by atoms with van der Waals surface area (Å²) in [7, 11) is -3.68. The topological polar surface area (TPSA) is 86.8 Å². The number of hydrogen-bond acceptors (Lipinski definition) is 4. The monoisotopic (exact) mass is 665 g/mol. The highest BCUT2D eigenvalue weighted by molar-refractivity contribution is 7.92. The second kappa shape index (κ2) is 14.8. The number of carbonyl (C=O) groups excluding carboxylic acids is 2. The number of benzene rings is 3. The van der Waals surface area contributed by atoms with E-state index in [4.69, 9.17) is 34.8 Å². The fourth-order valence-corrected chi connectivity index (χ4v) is 6.39. The van der Waals surface area contributed by atoms with E-state index in [0.29, 0.717) is 26.3 Å². The molecule has 0 saturated carbocycles. The van der Waals surface area contributed by atoms with Crippen molar-refractivity contribution in [3.05, 3.63) is 98.5 Å². The molecule has 0 saturated heterocycles. The molecule has 0 bridgehead atoms. The van der Waals surface area contributed by atoms with Crippen LogP contribution in [0, 0.1) is 6.92 Å². The fourth-order valence-electron chi connectivity index (χ4n) is 4.69. The molecule has 3 rings (SSSR count). The SMILES string of the molecule is Cc1ccc(Cl)cc1N(CCCC(=O)N(Cc1c(Cl)cccc1Cl)C(Cc1ccccc1)C(=O)NC(C)(C)C)S(C)(=O)=O. The summed E-state index contributed by atoms with van der Waals surface area (Å²) >= 11 is 19.2. The van der Waals surface area contributed by atoms with E-state index in [-0.39, 0.29) is 44.2 Å². The summed E-state index contributed by atoms with van der Waals surface area (Å²) in [6, 6.07) is 18.7. The minimum absolute atomic E-state index is 0.00437. The molecule has 232 valence electrons. The van der Waals surface area contributed by atoms with Crippen LogP contribution < -0.4 is 9.62 Å². The first kappa shape index (κ1) is 34.7. The van der Waals surface area contributed by atoms with Crippen LogP contribution in [0.2, 0.25) is 15.1 Å². The molecule has 1 atom stereocenters. The lowest BCUT2D eigenvalue weighted by molar-refractivity contribution is -0.142. The van der Waals surface area contributed by atoms with Crippen molar-refractivity contribution in [2.24, 2.45) is 0 Å². The minimum Gasteiger partial charge on any atom is -0.350 e. The quantitative estimate of drug-likeness (QED) is 0.224. The van der Waals surface area contributed by atoms with Gasteiger partial charge in [-0.3, -0.25) is 13.9 Å². The zero-order valence-electron chi connectivity index (χ0n) is 25.0. The van der Waals surface area contributed by atoms with Gasteiger partial charge in [-0.25, -0.2) is 8.42 Å². The van der Waals surface area contributed by atoms with Gasteiger partial charge in [-0.15, -0.1) is 0 Å². The van der Waals surface area contributed by atoms with Crippen LogP contribution in [0.4, 0.5) is 5.69 Å². The van der Waals surface area contributed by atoms with E-state index in [2.05, 4.69) is 5.32 Å². The highest BCUT2D eigenvalue weighted by Crippen LogP contribution is 2.29. The third-order valence-corrected chi connectivity index (χ3v) is 8.87. The Balaban J connectivity index is 1.97. The van der Waals surface area contributed by atoms with Crippen LogP contribution in [0.3, 0.4) is 0 Å². The average Bonchev–Trinajstić information content (AvgIpc) is 2.90. The molecule has 0 aromatic heterocycles. The molecule has 3 aromatic rings. The maximum atomic E-state index is 14.0. The van der Waals surface area contributed by atoms with Crippen molar-refractivity contribution in [2.45, 2.75) is 65.1 Å². The molecule has 1 N–H and O–H groups in total. The van der Waals surface area contributed by atoms with Gasteiger partial charge in [-0.1, -0.05) is 77.3 Å². The number of halogens is 3. The Morgan fingerprint density at radius 3 is 2.14 bits per heavy atom. The second-order valence-corrected chi connectivity index (χ2v) is 14.7. The van der Waals surface area contributed by atoms with E-state index in [0.717, 1.165) is 17.4 Å². The average molecular weight is 667 g/mol. The van der Waals surface area contributed by atoms with E-state index < -0.39 is 21.6 Å². The summed E-state index contributed by atoms with van der Waals surface area (Å²) in [5.41, 5.74) is 2.03. The Labute approximate surface area is 270 Å². The summed E-state index contributed by atoms with van der Waals surface area (Å²) in [4.78, 5) is 29.3. The van der Waals surface area contributed by atoms with Gasteiger partial charge >= 0.3 is 0 Å². The predicted molar refractivity (Wildman–Crippen MR) is 176 cm³/mol. The lowest BCUT2D eigenvalue weighted by Crippen LogP contribution is -2.54. The molecule has 0 aliphatic heterocycles. The van der Waals surface area contributed by atoms with Crippen molar-refractivity contribution in [3.8, 4) is 0 Å². The number of sulfonamides is 1. The van der Waals surface area contributed by atoms with E-state index >= 15 is 0 Å². The van der Waals surface area contributed by atoms with Crippen LogP contribution in [-0.4, -0.2) is 49.5 Å². The normalized spacial score (nSPS) is 12.5. The molecular formula is C32H38Cl3N3O4S. The molecule has 43 heavy (non-hydrogen) atoms. The number of rotatable bonds is 12. The largest absolute Gasteiger partial charge is 0.350 e. The first-order chi connectivity index (χ1) is 20.1. The zero-order valence-corrected chi connectivity index (χ0v) is 28.1. The molecule has 3 aromatic carbocycles. The maximum absolute atomic E-state index is 14.0. The first-order valence-electron chi connectivity index (χ1n) is 13.9. The van der Waals surface area contributed by atoms with Crippen molar-refractivity contribution < 1.29 is 18.0 Å². The summed E-state index contributed by atoms with van der Waals surface area (Å²) in [5, 5.41) is 4.17. The smallest absolute Gasteiger partial charge is 0.243 e. The van der Waals surface area contributed by atoms with Gasteiger partial charge in [0.25, 0.3) is 0 Å². The summed E-state index contributed by atoms with van der Waals surface area (Å²) in [6.07, 6.45) is 1.55. The van der Waals surface area contributed by atoms with Gasteiger partial charge in [0.1, 0.15) is 6.04 Å². The summed E-state index contributed by atoms with van der Waals surface area (Å²) in [6.45, 7) is 7.46. The zero-order chi connectivity index (χ0) is 31.9. The van der Waals surface area contributed by atoms with E-state index in [1.165, 1.54) is 9.21 Å². The molecule has 0 spiro atoms. The van der Waals surface area contributed by atoms with Crippen LogP contribution in [0.15, 0.2) is 66.7 Å². The fraction of sp³-hybridized carbons (Fsp3) is 0.375. The van der Waals surface area contributed by atoms with Crippen LogP contribution in [0.1, 0.15) is 50.3 Å². The number of anilines is 1. The van der Waals surface area contributed by atoms with Crippen molar-refractivity contribution in [2.75, 3.05) is 17.1 Å². The molecule has 0 heterocycles. The molecular weight excluding hydrogens is 629 g/mol. The predicted octanol–water partition coefficient (Wildman–Crippen LogP) is 7.06. The summed E-state index contributed by atoms with van der Waals surface area (Å²) < 4.78 is 26.8. The number of aryl methyl sites for hydroxylation is 1. The molecule has 0 fully saturated rings. The van der Waals surface area contributed by atoms with Gasteiger partial charge < -0.3 is 10.2 Å². The van der Waals surface area contributed by atoms with Crippen molar-refractivity contribution in [1.29, 1.82) is 0 Å². The number of nitrogens with one attached hydrogen (secondary N) is 1. The molecule has 11 heteroatoms. The molecule has 0 radical (unpaired) electrons. The van der Waals surface area contributed by atoms with Gasteiger partial charge in [-0.05, 0) is 69.5 Å². The highest BCUT2D eigenvalue weighted by atomic mass is 35.5. The van der Waals surface area contributed by atoms with Gasteiger partial charge in [0.05, 0.1) is 11.9 Å². The Kier molecular flexibility index (Phi) is 11.9. The van der Waals surface area contributed by atoms with Crippen LogP contribution >= 0.6 is 34.8 Å². The van der Waals surface area contributed by atoms with Gasteiger partial charge in [-0.2, -0.15) is 0 Å². The molecule has 0 aliphatic rings. The second-order valence-electron chi connectivity index (χ2n) is 11.5. The van der Waals surface area contributed by atoms with E-state index in [1.54, 1.807) is 43.3 Å². The third-order valence-electron chi connectivity index (χ3n) is 6.75. The number of nitrogens with zero attached hydrogens (tertiary/aromatic N) is 2. The first-order valence-corrected chi connectivity index (χ1v) is 16.9. The molecule has 7 nitrogen and oxygen atoms in total. The lowest BCUT2D eigenvalue weighted by Gasteiger charge is -2.34. The van der Waals surface area contributed by atoms with Gasteiger partial charge in [0, 0.05) is 52.1 Å².